The summed E-state index contributed by atoms with van der Waals surface area (Å²) in [6.07, 6.45) is 0. The van der Waals surface area contributed by atoms with Crippen LogP contribution in [0.5, 0.6) is 0 Å². The molecule has 0 saturated heterocycles. The molecule has 0 atom stereocenters. The van der Waals surface area contributed by atoms with Gasteiger partial charge in [0, 0.05) is 12.7 Å². The number of hydrogen-bond acceptors (Lipinski definition) is 2. The Morgan fingerprint density at radius 2 is 1.65 bits per heavy atom. The van der Waals surface area contributed by atoms with Crippen molar-refractivity contribution in [2.45, 2.75) is 13.8 Å². The third-order valence-electron chi connectivity index (χ3n) is 2.28. The molecule has 0 radical (unpaired) electrons. The van der Waals surface area contributed by atoms with E-state index in [0.29, 0.717) is 10.2 Å². The molecule has 0 amide bonds. The Kier molecular flexibility index (Phi) is 5.11. The molecular weight excluding hydrogens is 252 g/mol. The maximum atomic E-state index is 5.11. The number of rotatable bonds is 1. The molecule has 1 rings (SSSR count). The first-order chi connectivity index (χ1) is 8.02. The average molecular weight is 268 g/mol. The van der Waals surface area contributed by atoms with E-state index >= 15 is 0 Å². The highest BCUT2D eigenvalue weighted by molar-refractivity contribution is 7.80. The van der Waals surface area contributed by atoms with Crippen molar-refractivity contribution >= 4 is 40.3 Å². The first-order valence-corrected chi connectivity index (χ1v) is 5.96. The minimum absolute atomic E-state index is 0.464. The molecule has 4 nitrogen and oxygen atoms in total. The van der Waals surface area contributed by atoms with Gasteiger partial charge in [-0.05, 0) is 61.5 Å². The normalized spacial score (nSPS) is 9.35. The van der Waals surface area contributed by atoms with Crippen LogP contribution in [0.2, 0.25) is 0 Å². The molecule has 0 bridgehead atoms. The zero-order chi connectivity index (χ0) is 12.8. The van der Waals surface area contributed by atoms with E-state index in [1.165, 1.54) is 11.1 Å². The second-order valence-electron chi connectivity index (χ2n) is 3.58. The van der Waals surface area contributed by atoms with Crippen LogP contribution < -0.4 is 21.5 Å². The number of anilines is 1. The van der Waals surface area contributed by atoms with Gasteiger partial charge in [-0.2, -0.15) is 0 Å². The van der Waals surface area contributed by atoms with Gasteiger partial charge in [0.05, 0.1) is 0 Å². The zero-order valence-electron chi connectivity index (χ0n) is 10.0. The van der Waals surface area contributed by atoms with Crippen molar-refractivity contribution < 1.29 is 0 Å². The molecule has 6 heteroatoms. The summed E-state index contributed by atoms with van der Waals surface area (Å²) in [5.41, 5.74) is 8.95. The van der Waals surface area contributed by atoms with Gasteiger partial charge in [-0.3, -0.25) is 10.9 Å². The molecule has 0 aliphatic heterocycles. The van der Waals surface area contributed by atoms with Gasteiger partial charge in [0.2, 0.25) is 0 Å². The second-order valence-corrected chi connectivity index (χ2v) is 4.40. The topological polar surface area (TPSA) is 48.1 Å². The maximum absolute atomic E-state index is 5.11. The lowest BCUT2D eigenvalue weighted by molar-refractivity contribution is 0.853. The smallest absolute Gasteiger partial charge is 0.189 e. The number of benzene rings is 1. The first kappa shape index (κ1) is 13.7. The predicted octanol–water partition coefficient (Wildman–Crippen LogP) is 1.60. The highest BCUT2D eigenvalue weighted by Crippen LogP contribution is 2.13. The minimum atomic E-state index is 0.464. The fourth-order valence-corrected chi connectivity index (χ4v) is 1.38. The van der Waals surface area contributed by atoms with Gasteiger partial charge in [-0.1, -0.05) is 6.07 Å². The van der Waals surface area contributed by atoms with Crippen molar-refractivity contribution in [1.82, 2.24) is 16.2 Å². The summed E-state index contributed by atoms with van der Waals surface area (Å²) in [5.74, 6) is 0. The monoisotopic (exact) mass is 268 g/mol. The third-order valence-corrected chi connectivity index (χ3v) is 2.79. The summed E-state index contributed by atoms with van der Waals surface area (Å²) in [7, 11) is 1.73. The molecule has 1 aromatic rings. The van der Waals surface area contributed by atoms with Crippen molar-refractivity contribution in [3.05, 3.63) is 29.3 Å². The number of aryl methyl sites for hydroxylation is 2. The molecule has 0 spiro atoms. The standard InChI is InChI=1S/C11H16N4S2/c1-7-4-5-9(6-8(7)2)13-11(17)15-14-10(16)12-3/h4-6H,1-3H3,(H2,12,14,16)(H2,13,15,17). The molecule has 0 unspecified atom stereocenters. The SMILES string of the molecule is CNC(=S)NNC(=S)Nc1ccc(C)c(C)c1. The van der Waals surface area contributed by atoms with Crippen LogP contribution in [0.4, 0.5) is 5.69 Å². The van der Waals surface area contributed by atoms with E-state index in [2.05, 4.69) is 35.3 Å². The van der Waals surface area contributed by atoms with Crippen molar-refractivity contribution in [2.24, 2.45) is 0 Å². The van der Waals surface area contributed by atoms with Gasteiger partial charge in [-0.25, -0.2) is 0 Å². The molecule has 92 valence electrons. The summed E-state index contributed by atoms with van der Waals surface area (Å²) in [6.45, 7) is 4.13. The number of nitrogens with one attached hydrogen (secondary N) is 4. The van der Waals surface area contributed by atoms with Gasteiger partial charge in [0.25, 0.3) is 0 Å². The van der Waals surface area contributed by atoms with Crippen LogP contribution in [0.3, 0.4) is 0 Å². The molecule has 0 saturated carbocycles. The van der Waals surface area contributed by atoms with Crippen LogP contribution in [0.25, 0.3) is 0 Å². The third kappa shape index (κ3) is 4.54. The van der Waals surface area contributed by atoms with Crippen LogP contribution in [0.15, 0.2) is 18.2 Å². The minimum Gasteiger partial charge on any atom is -0.364 e. The lowest BCUT2D eigenvalue weighted by atomic mass is 10.1. The molecule has 0 aromatic heterocycles. The number of hydrogen-bond donors (Lipinski definition) is 4. The Labute approximate surface area is 112 Å². The quantitative estimate of drug-likeness (QED) is 0.458. The van der Waals surface area contributed by atoms with Crippen molar-refractivity contribution in [3.8, 4) is 0 Å². The molecule has 0 aliphatic carbocycles. The fraction of sp³-hybridized carbons (Fsp3) is 0.273. The van der Waals surface area contributed by atoms with Gasteiger partial charge >= 0.3 is 0 Å². The summed E-state index contributed by atoms with van der Waals surface area (Å²) in [4.78, 5) is 0. The van der Waals surface area contributed by atoms with E-state index in [1.807, 2.05) is 18.2 Å². The summed E-state index contributed by atoms with van der Waals surface area (Å²) < 4.78 is 0. The van der Waals surface area contributed by atoms with Gasteiger partial charge in [0.1, 0.15) is 0 Å². The second kappa shape index (κ2) is 6.36. The first-order valence-electron chi connectivity index (χ1n) is 5.15. The molecule has 0 heterocycles. The molecule has 4 N–H and O–H groups in total. The molecular formula is C11H16N4S2. The Morgan fingerprint density at radius 3 is 2.24 bits per heavy atom. The van der Waals surface area contributed by atoms with E-state index in [-0.39, 0.29) is 0 Å². The Hall–Kier alpha value is -1.40. The number of thiocarbonyl (C=S) groups is 2. The van der Waals surface area contributed by atoms with Crippen LogP contribution in [0, 0.1) is 13.8 Å². The Bertz CT molecular complexity index is 431. The average Bonchev–Trinajstić information content (AvgIpc) is 2.31. The highest BCUT2D eigenvalue weighted by Gasteiger charge is 1.99. The molecule has 0 aliphatic rings. The summed E-state index contributed by atoms with van der Waals surface area (Å²) >= 11 is 10.0. The predicted molar refractivity (Wildman–Crippen MR) is 80.1 cm³/mol. The van der Waals surface area contributed by atoms with Gasteiger partial charge in [0.15, 0.2) is 10.2 Å². The van der Waals surface area contributed by atoms with E-state index in [1.54, 1.807) is 7.05 Å². The number of hydrazine groups is 1. The van der Waals surface area contributed by atoms with Crippen LogP contribution in [0.1, 0.15) is 11.1 Å². The Balaban J connectivity index is 2.50. The van der Waals surface area contributed by atoms with E-state index in [0.717, 1.165) is 5.69 Å². The fourth-order valence-electron chi connectivity index (χ4n) is 1.16. The zero-order valence-corrected chi connectivity index (χ0v) is 11.7. The largest absolute Gasteiger partial charge is 0.364 e. The molecule has 1 aromatic carbocycles. The Morgan fingerprint density at radius 1 is 1.00 bits per heavy atom. The van der Waals surface area contributed by atoms with Crippen LogP contribution in [-0.4, -0.2) is 17.3 Å². The maximum Gasteiger partial charge on any atom is 0.189 e. The van der Waals surface area contributed by atoms with Gasteiger partial charge < -0.3 is 10.6 Å². The molecule has 17 heavy (non-hydrogen) atoms. The highest BCUT2D eigenvalue weighted by atomic mass is 32.1. The summed E-state index contributed by atoms with van der Waals surface area (Å²) in [6, 6.07) is 6.07. The van der Waals surface area contributed by atoms with E-state index in [4.69, 9.17) is 24.4 Å². The van der Waals surface area contributed by atoms with E-state index < -0.39 is 0 Å². The molecule has 0 fully saturated rings. The summed E-state index contributed by atoms with van der Waals surface area (Å²) in [5, 5.41) is 6.78. The van der Waals surface area contributed by atoms with Crippen molar-refractivity contribution in [3.63, 3.8) is 0 Å². The van der Waals surface area contributed by atoms with Crippen molar-refractivity contribution in [1.29, 1.82) is 0 Å². The van der Waals surface area contributed by atoms with Crippen LogP contribution in [-0.2, 0) is 0 Å². The van der Waals surface area contributed by atoms with Gasteiger partial charge in [-0.15, -0.1) is 0 Å². The van der Waals surface area contributed by atoms with Crippen molar-refractivity contribution in [2.75, 3.05) is 12.4 Å². The van der Waals surface area contributed by atoms with E-state index in [9.17, 15) is 0 Å². The van der Waals surface area contributed by atoms with Crippen LogP contribution >= 0.6 is 24.4 Å². The lowest BCUT2D eigenvalue weighted by Gasteiger charge is -2.13. The lowest BCUT2D eigenvalue weighted by Crippen LogP contribution is -2.47.